The van der Waals surface area contributed by atoms with Crippen molar-refractivity contribution >= 4 is 65.7 Å². The number of hydrogen-bond acceptors (Lipinski definition) is 7. The van der Waals surface area contributed by atoms with Crippen LogP contribution in [-0.2, 0) is 9.84 Å². The molecule has 160 valence electrons. The van der Waals surface area contributed by atoms with Crippen molar-refractivity contribution in [3.8, 4) is 0 Å². The number of carbonyl (C=O) groups excluding carboxylic acids is 2. The van der Waals surface area contributed by atoms with Crippen LogP contribution in [0, 0.1) is 0 Å². The summed E-state index contributed by atoms with van der Waals surface area (Å²) in [5.41, 5.74) is 1.55. The molecule has 3 aromatic rings. The zero-order chi connectivity index (χ0) is 22.2. The minimum atomic E-state index is -3.35. The molecule has 0 saturated heterocycles. The molecule has 2 N–H and O–H groups in total. The number of carbonyl (C=O) groups is 2. The van der Waals surface area contributed by atoms with Crippen molar-refractivity contribution in [1.82, 2.24) is 10.3 Å². The molecule has 31 heavy (non-hydrogen) atoms. The first-order valence-corrected chi connectivity index (χ1v) is 12.2. The number of benzene rings is 2. The van der Waals surface area contributed by atoms with Gasteiger partial charge >= 0.3 is 6.03 Å². The third-order valence-corrected chi connectivity index (χ3v) is 6.99. The van der Waals surface area contributed by atoms with Crippen molar-refractivity contribution in [2.45, 2.75) is 4.90 Å². The van der Waals surface area contributed by atoms with Crippen LogP contribution in [0.2, 0.25) is 5.02 Å². The van der Waals surface area contributed by atoms with E-state index in [1.807, 2.05) is 18.2 Å². The molecule has 1 aliphatic heterocycles. The maximum atomic E-state index is 12.6. The Hall–Kier alpha value is -2.95. The second-order valence-electron chi connectivity index (χ2n) is 6.87. The van der Waals surface area contributed by atoms with Gasteiger partial charge in [-0.15, -0.1) is 0 Å². The van der Waals surface area contributed by atoms with E-state index in [1.54, 1.807) is 18.2 Å². The first kappa shape index (κ1) is 21.3. The quantitative estimate of drug-likeness (QED) is 0.556. The predicted octanol–water partition coefficient (Wildman–Crippen LogP) is 3.69. The average molecular weight is 477 g/mol. The van der Waals surface area contributed by atoms with Gasteiger partial charge in [0.1, 0.15) is 0 Å². The fraction of sp³-hybridized carbons (Fsp3) is 0.150. The van der Waals surface area contributed by atoms with Gasteiger partial charge in [-0.2, -0.15) is 0 Å². The van der Waals surface area contributed by atoms with Gasteiger partial charge in [0.2, 0.25) is 0 Å². The van der Waals surface area contributed by atoms with Crippen molar-refractivity contribution in [3.63, 3.8) is 0 Å². The van der Waals surface area contributed by atoms with Gasteiger partial charge < -0.3 is 4.90 Å². The average Bonchev–Trinajstić information content (AvgIpc) is 3.36. The second kappa shape index (κ2) is 8.29. The molecular weight excluding hydrogens is 460 g/mol. The van der Waals surface area contributed by atoms with Crippen molar-refractivity contribution in [3.05, 3.63) is 59.1 Å². The second-order valence-corrected chi connectivity index (χ2v) is 10.3. The van der Waals surface area contributed by atoms with Gasteiger partial charge in [-0.25, -0.2) is 18.2 Å². The molecule has 0 aliphatic carbocycles. The number of nitrogens with zero attached hydrogens (tertiary/aromatic N) is 2. The summed E-state index contributed by atoms with van der Waals surface area (Å²) >= 11 is 7.26. The van der Waals surface area contributed by atoms with Crippen LogP contribution in [0.15, 0.2) is 53.4 Å². The standard InChI is InChI=1S/C20H17ClN4O4S2/c1-31(28,29)13-5-7-16-17(11-13)30-20(22-16)24-19(27)23-18(26)14-10-12(4-6-15(14)21)25-8-2-3-9-25/h2-7,10-11H,8-9H2,1H3,(H2,22,23,24,26,27). The van der Waals surface area contributed by atoms with Gasteiger partial charge in [-0.1, -0.05) is 35.1 Å². The number of nitrogens with one attached hydrogen (secondary N) is 2. The minimum Gasteiger partial charge on any atom is -0.364 e. The SMILES string of the molecule is CS(=O)(=O)c1ccc2nc(NC(=O)NC(=O)c3cc(N4CC=CC4)ccc3Cl)sc2c1. The molecule has 2 aromatic carbocycles. The van der Waals surface area contributed by atoms with E-state index in [0.29, 0.717) is 10.2 Å². The lowest BCUT2D eigenvalue weighted by atomic mass is 10.1. The molecule has 0 atom stereocenters. The molecule has 0 saturated carbocycles. The molecule has 3 amide bonds. The molecule has 1 aromatic heterocycles. The van der Waals surface area contributed by atoms with E-state index in [2.05, 4.69) is 20.5 Å². The number of fused-ring (bicyclic) bond motifs is 1. The highest BCUT2D eigenvalue weighted by Gasteiger charge is 2.18. The smallest absolute Gasteiger partial charge is 0.327 e. The first-order chi connectivity index (χ1) is 14.7. The van der Waals surface area contributed by atoms with Crippen LogP contribution in [0.4, 0.5) is 15.6 Å². The molecule has 11 heteroatoms. The molecular formula is C20H17ClN4O4S2. The number of anilines is 2. The normalized spacial score (nSPS) is 13.5. The molecule has 8 nitrogen and oxygen atoms in total. The van der Waals surface area contributed by atoms with Gasteiger partial charge in [0.25, 0.3) is 5.91 Å². The first-order valence-electron chi connectivity index (χ1n) is 9.13. The van der Waals surface area contributed by atoms with Crippen molar-refractivity contribution in [1.29, 1.82) is 0 Å². The van der Waals surface area contributed by atoms with Crippen LogP contribution in [0.3, 0.4) is 0 Å². The fourth-order valence-corrected chi connectivity index (χ4v) is 4.89. The van der Waals surface area contributed by atoms with Crippen molar-refractivity contribution < 1.29 is 18.0 Å². The van der Waals surface area contributed by atoms with Gasteiger partial charge in [0.15, 0.2) is 15.0 Å². The summed E-state index contributed by atoms with van der Waals surface area (Å²) in [6.07, 6.45) is 5.17. The van der Waals surface area contributed by atoms with Crippen LogP contribution in [-0.4, -0.2) is 44.7 Å². The fourth-order valence-electron chi connectivity index (χ4n) is 3.06. The van der Waals surface area contributed by atoms with Crippen LogP contribution >= 0.6 is 22.9 Å². The highest BCUT2D eigenvalue weighted by atomic mass is 35.5. The molecule has 0 unspecified atom stereocenters. The number of halogens is 1. The lowest BCUT2D eigenvalue weighted by molar-refractivity contribution is 0.0967. The van der Waals surface area contributed by atoms with Gasteiger partial charge in [-0.3, -0.25) is 15.4 Å². The zero-order valence-electron chi connectivity index (χ0n) is 16.3. The minimum absolute atomic E-state index is 0.164. The Morgan fingerprint density at radius 2 is 1.87 bits per heavy atom. The number of imide groups is 1. The Bertz CT molecular complexity index is 1330. The van der Waals surface area contributed by atoms with Crippen LogP contribution in [0.5, 0.6) is 0 Å². The Labute approximate surface area is 187 Å². The van der Waals surface area contributed by atoms with E-state index in [4.69, 9.17) is 11.6 Å². The van der Waals surface area contributed by atoms with E-state index >= 15 is 0 Å². The molecule has 4 rings (SSSR count). The van der Waals surface area contributed by atoms with E-state index in [-0.39, 0.29) is 20.6 Å². The number of thiazole rings is 1. The summed E-state index contributed by atoms with van der Waals surface area (Å²) in [6.45, 7) is 1.48. The van der Waals surface area contributed by atoms with Gasteiger partial charge in [-0.05, 0) is 36.4 Å². The Kier molecular flexibility index (Phi) is 5.69. The summed E-state index contributed by atoms with van der Waals surface area (Å²) in [5, 5.41) is 5.21. The lowest BCUT2D eigenvalue weighted by Gasteiger charge is -2.18. The summed E-state index contributed by atoms with van der Waals surface area (Å²) in [6, 6.07) is 8.83. The van der Waals surface area contributed by atoms with E-state index < -0.39 is 21.8 Å². The maximum absolute atomic E-state index is 12.6. The number of amides is 3. The number of sulfone groups is 1. The number of rotatable bonds is 4. The van der Waals surface area contributed by atoms with Crippen molar-refractivity contribution in [2.24, 2.45) is 0 Å². The monoisotopic (exact) mass is 476 g/mol. The zero-order valence-corrected chi connectivity index (χ0v) is 18.6. The number of aromatic nitrogens is 1. The van der Waals surface area contributed by atoms with E-state index in [9.17, 15) is 18.0 Å². The van der Waals surface area contributed by atoms with Crippen LogP contribution in [0.1, 0.15) is 10.4 Å². The molecule has 0 bridgehead atoms. The summed E-state index contributed by atoms with van der Waals surface area (Å²) in [4.78, 5) is 31.4. The van der Waals surface area contributed by atoms with E-state index in [0.717, 1.165) is 36.4 Å². The Morgan fingerprint density at radius 3 is 2.58 bits per heavy atom. The lowest BCUT2D eigenvalue weighted by Crippen LogP contribution is -2.34. The summed E-state index contributed by atoms with van der Waals surface area (Å²) in [7, 11) is -3.35. The molecule has 1 aliphatic rings. The molecule has 0 spiro atoms. The van der Waals surface area contributed by atoms with Crippen LogP contribution in [0.25, 0.3) is 10.2 Å². The largest absolute Gasteiger partial charge is 0.364 e. The van der Waals surface area contributed by atoms with E-state index in [1.165, 1.54) is 12.1 Å². The third-order valence-electron chi connectivity index (χ3n) is 4.61. The number of urea groups is 1. The molecule has 2 heterocycles. The molecule has 0 radical (unpaired) electrons. The van der Waals surface area contributed by atoms with Crippen molar-refractivity contribution in [2.75, 3.05) is 29.6 Å². The highest BCUT2D eigenvalue weighted by molar-refractivity contribution is 7.90. The summed E-state index contributed by atoms with van der Waals surface area (Å²) in [5.74, 6) is -0.642. The van der Waals surface area contributed by atoms with Gasteiger partial charge in [0.05, 0.1) is 25.7 Å². The van der Waals surface area contributed by atoms with Crippen LogP contribution < -0.4 is 15.5 Å². The Balaban J connectivity index is 1.47. The maximum Gasteiger partial charge on any atom is 0.327 e. The van der Waals surface area contributed by atoms with Gasteiger partial charge in [0, 0.05) is 25.0 Å². The third kappa shape index (κ3) is 4.71. The summed E-state index contributed by atoms with van der Waals surface area (Å²) < 4.78 is 24.0. The topological polar surface area (TPSA) is 108 Å². The predicted molar refractivity (Wildman–Crippen MR) is 122 cm³/mol. The Morgan fingerprint density at radius 1 is 1.13 bits per heavy atom. The highest BCUT2D eigenvalue weighted by Crippen LogP contribution is 2.28. The molecule has 0 fully saturated rings. The number of hydrogen-bond donors (Lipinski definition) is 2.